The van der Waals surface area contributed by atoms with E-state index in [-0.39, 0.29) is 24.8 Å². The van der Waals surface area contributed by atoms with Crippen molar-refractivity contribution < 1.29 is 4.39 Å². The molecule has 1 aromatic carbocycles. The van der Waals surface area contributed by atoms with Gasteiger partial charge >= 0.3 is 0 Å². The van der Waals surface area contributed by atoms with E-state index in [1.54, 1.807) is 17.4 Å². The molecule has 2 rings (SSSR count). The molecule has 0 radical (unpaired) electrons. The summed E-state index contributed by atoms with van der Waals surface area (Å²) in [6, 6.07) is 7.02. The highest BCUT2D eigenvalue weighted by molar-refractivity contribution is 7.08. The minimum absolute atomic E-state index is 0. The quantitative estimate of drug-likeness (QED) is 0.859. The van der Waals surface area contributed by atoms with E-state index in [2.05, 4.69) is 0 Å². The first-order valence-corrected chi connectivity index (χ1v) is 5.27. The van der Waals surface area contributed by atoms with Crippen LogP contribution in [0, 0.1) is 5.82 Å². The number of hydrogen-bond acceptors (Lipinski definition) is 2. The molecule has 0 fully saturated rings. The van der Waals surface area contributed by atoms with E-state index in [0.29, 0.717) is 5.56 Å². The second-order valence-electron chi connectivity index (χ2n) is 2.98. The Bertz CT molecular complexity index is 428. The van der Waals surface area contributed by atoms with Crippen molar-refractivity contribution in [1.82, 2.24) is 0 Å². The Morgan fingerprint density at radius 1 is 1.27 bits per heavy atom. The predicted molar refractivity (Wildman–Crippen MR) is 64.9 cm³/mol. The number of hydrogen-bond donors (Lipinski definition) is 1. The van der Waals surface area contributed by atoms with Crippen LogP contribution in [0.1, 0.15) is 5.56 Å². The van der Waals surface area contributed by atoms with Gasteiger partial charge in [-0.15, -0.1) is 12.4 Å². The molecule has 1 heterocycles. The number of thiophene rings is 1. The van der Waals surface area contributed by atoms with Gasteiger partial charge in [-0.2, -0.15) is 11.3 Å². The minimum Gasteiger partial charge on any atom is -0.326 e. The van der Waals surface area contributed by atoms with Crippen molar-refractivity contribution in [2.75, 3.05) is 0 Å². The summed E-state index contributed by atoms with van der Waals surface area (Å²) in [7, 11) is 0. The molecule has 0 amide bonds. The summed E-state index contributed by atoms with van der Waals surface area (Å²) in [4.78, 5) is 0. The zero-order valence-corrected chi connectivity index (χ0v) is 9.58. The molecule has 4 heteroatoms. The van der Waals surface area contributed by atoms with E-state index in [9.17, 15) is 4.39 Å². The van der Waals surface area contributed by atoms with E-state index >= 15 is 0 Å². The summed E-state index contributed by atoms with van der Waals surface area (Å²) in [6.45, 7) is 0.234. The lowest BCUT2D eigenvalue weighted by Crippen LogP contribution is -2.01. The lowest BCUT2D eigenvalue weighted by atomic mass is 10.0. The van der Waals surface area contributed by atoms with Crippen molar-refractivity contribution in [3.05, 3.63) is 46.4 Å². The highest BCUT2D eigenvalue weighted by Gasteiger charge is 2.08. The Kier molecular flexibility index (Phi) is 4.27. The molecule has 15 heavy (non-hydrogen) atoms. The Hall–Kier alpha value is -0.900. The molecule has 0 saturated heterocycles. The molecule has 0 aliphatic heterocycles. The average Bonchev–Trinajstić information content (AvgIpc) is 2.70. The van der Waals surface area contributed by atoms with Crippen LogP contribution in [0.25, 0.3) is 11.1 Å². The lowest BCUT2D eigenvalue weighted by molar-refractivity contribution is 0.611. The van der Waals surface area contributed by atoms with E-state index in [1.807, 2.05) is 22.9 Å². The molecule has 2 N–H and O–H groups in total. The van der Waals surface area contributed by atoms with E-state index in [1.165, 1.54) is 6.07 Å². The van der Waals surface area contributed by atoms with Gasteiger partial charge in [0.15, 0.2) is 0 Å². The highest BCUT2D eigenvalue weighted by atomic mass is 35.5. The van der Waals surface area contributed by atoms with Crippen LogP contribution < -0.4 is 5.73 Å². The van der Waals surface area contributed by atoms with Gasteiger partial charge in [-0.25, -0.2) is 4.39 Å². The van der Waals surface area contributed by atoms with Crippen LogP contribution in [0.15, 0.2) is 35.0 Å². The summed E-state index contributed by atoms with van der Waals surface area (Å²) in [5.74, 6) is -0.226. The van der Waals surface area contributed by atoms with Crippen molar-refractivity contribution >= 4 is 23.7 Å². The third kappa shape index (κ3) is 2.37. The summed E-state index contributed by atoms with van der Waals surface area (Å²) < 4.78 is 13.4. The standard InChI is InChI=1S/C11H10FNS.ClH/c12-11-3-1-2-9(10(11)6-13)8-4-5-14-7-8;/h1-5,7H,6,13H2;1H. The molecule has 2 aromatic rings. The first-order valence-electron chi connectivity index (χ1n) is 4.33. The number of benzene rings is 1. The third-order valence-electron chi connectivity index (χ3n) is 2.16. The lowest BCUT2D eigenvalue weighted by Gasteiger charge is -2.06. The maximum atomic E-state index is 13.4. The maximum absolute atomic E-state index is 13.4. The van der Waals surface area contributed by atoms with Crippen molar-refractivity contribution in [1.29, 1.82) is 0 Å². The Labute approximate surface area is 98.2 Å². The topological polar surface area (TPSA) is 26.0 Å². The largest absolute Gasteiger partial charge is 0.326 e. The van der Waals surface area contributed by atoms with E-state index in [0.717, 1.165) is 11.1 Å². The molecule has 0 aliphatic carbocycles. The predicted octanol–water partition coefficient (Wildman–Crippen LogP) is 3.43. The molecule has 0 atom stereocenters. The Morgan fingerprint density at radius 2 is 2.07 bits per heavy atom. The van der Waals surface area contributed by atoms with Gasteiger partial charge in [0.1, 0.15) is 5.82 Å². The van der Waals surface area contributed by atoms with E-state index < -0.39 is 0 Å². The third-order valence-corrected chi connectivity index (χ3v) is 2.84. The molecule has 0 spiro atoms. The van der Waals surface area contributed by atoms with Gasteiger partial charge < -0.3 is 5.73 Å². The molecule has 0 aliphatic rings. The first-order chi connectivity index (χ1) is 6.83. The number of halogens is 2. The van der Waals surface area contributed by atoms with Crippen molar-refractivity contribution in [2.24, 2.45) is 5.73 Å². The Balaban J connectivity index is 0.00000112. The van der Waals surface area contributed by atoms with Crippen LogP contribution in [-0.2, 0) is 6.54 Å². The fraction of sp³-hybridized carbons (Fsp3) is 0.0909. The monoisotopic (exact) mass is 243 g/mol. The summed E-state index contributed by atoms with van der Waals surface area (Å²) in [6.07, 6.45) is 0. The molecule has 1 aromatic heterocycles. The summed E-state index contributed by atoms with van der Waals surface area (Å²) in [5.41, 5.74) is 8.04. The van der Waals surface area contributed by atoms with Crippen LogP contribution in [0.3, 0.4) is 0 Å². The van der Waals surface area contributed by atoms with Gasteiger partial charge in [-0.3, -0.25) is 0 Å². The number of nitrogens with two attached hydrogens (primary N) is 1. The average molecular weight is 244 g/mol. The molecular formula is C11H11ClFNS. The highest BCUT2D eigenvalue weighted by Crippen LogP contribution is 2.27. The SMILES string of the molecule is Cl.NCc1c(F)cccc1-c1ccsc1. The molecule has 1 nitrogen and oxygen atoms in total. The second-order valence-corrected chi connectivity index (χ2v) is 3.76. The van der Waals surface area contributed by atoms with Crippen LogP contribution in [0.5, 0.6) is 0 Å². The first kappa shape index (κ1) is 12.2. The fourth-order valence-corrected chi connectivity index (χ4v) is 2.11. The van der Waals surface area contributed by atoms with Gasteiger partial charge in [0.05, 0.1) is 0 Å². The second kappa shape index (κ2) is 5.26. The van der Waals surface area contributed by atoms with Gasteiger partial charge in [0.2, 0.25) is 0 Å². The van der Waals surface area contributed by atoms with Crippen LogP contribution in [-0.4, -0.2) is 0 Å². The molecule has 0 unspecified atom stereocenters. The van der Waals surface area contributed by atoms with Crippen LogP contribution in [0.4, 0.5) is 4.39 Å². The molecule has 0 bridgehead atoms. The normalized spacial score (nSPS) is 9.73. The van der Waals surface area contributed by atoms with Crippen molar-refractivity contribution in [2.45, 2.75) is 6.54 Å². The van der Waals surface area contributed by atoms with Crippen LogP contribution >= 0.6 is 23.7 Å². The van der Waals surface area contributed by atoms with E-state index in [4.69, 9.17) is 5.73 Å². The maximum Gasteiger partial charge on any atom is 0.128 e. The zero-order valence-electron chi connectivity index (χ0n) is 7.94. The Morgan fingerprint density at radius 3 is 2.67 bits per heavy atom. The van der Waals surface area contributed by atoms with Gasteiger partial charge in [0, 0.05) is 12.1 Å². The molecule has 80 valence electrons. The smallest absolute Gasteiger partial charge is 0.128 e. The fourth-order valence-electron chi connectivity index (χ4n) is 1.45. The summed E-state index contributed by atoms with van der Waals surface area (Å²) >= 11 is 1.60. The minimum atomic E-state index is -0.226. The van der Waals surface area contributed by atoms with Crippen molar-refractivity contribution in [3.8, 4) is 11.1 Å². The number of rotatable bonds is 2. The van der Waals surface area contributed by atoms with Crippen molar-refractivity contribution in [3.63, 3.8) is 0 Å². The molecule has 0 saturated carbocycles. The van der Waals surface area contributed by atoms with Crippen LogP contribution in [0.2, 0.25) is 0 Å². The van der Waals surface area contributed by atoms with Gasteiger partial charge in [-0.1, -0.05) is 12.1 Å². The van der Waals surface area contributed by atoms with Gasteiger partial charge in [-0.05, 0) is 34.0 Å². The zero-order chi connectivity index (χ0) is 9.97. The van der Waals surface area contributed by atoms with Gasteiger partial charge in [0.25, 0.3) is 0 Å². The summed E-state index contributed by atoms with van der Waals surface area (Å²) in [5, 5.41) is 3.97. The molecular weight excluding hydrogens is 233 g/mol.